The van der Waals surface area contributed by atoms with Gasteiger partial charge in [0.2, 0.25) is 5.82 Å². The van der Waals surface area contributed by atoms with Gasteiger partial charge in [0.25, 0.3) is 5.91 Å². The van der Waals surface area contributed by atoms with Crippen LogP contribution in [0.1, 0.15) is 29.9 Å². The first kappa shape index (κ1) is 19.7. The molecule has 0 unspecified atom stereocenters. The highest BCUT2D eigenvalue weighted by Gasteiger charge is 2.19. The number of nitrogens with zero attached hydrogens (tertiary/aromatic N) is 3. The zero-order valence-electron chi connectivity index (χ0n) is 15.2. The average molecular weight is 402 g/mol. The number of ether oxygens (including phenoxy) is 1. The first-order valence-electron chi connectivity index (χ1n) is 8.70. The van der Waals surface area contributed by atoms with Gasteiger partial charge in [0.05, 0.1) is 17.7 Å². The maximum absolute atomic E-state index is 13.2. The van der Waals surface area contributed by atoms with Crippen molar-refractivity contribution < 1.29 is 18.7 Å². The number of nitrogens with one attached hydrogen (secondary N) is 1. The topological polar surface area (TPSA) is 86.1 Å². The third kappa shape index (κ3) is 4.80. The molecule has 1 amide bonds. The van der Waals surface area contributed by atoms with Gasteiger partial charge in [-0.25, -0.2) is 14.1 Å². The lowest BCUT2D eigenvalue weighted by atomic mass is 10.2. The van der Waals surface area contributed by atoms with E-state index < -0.39 is 5.91 Å². The zero-order valence-corrected chi connectivity index (χ0v) is 16.0. The van der Waals surface area contributed by atoms with Crippen molar-refractivity contribution in [3.8, 4) is 16.4 Å². The fourth-order valence-electron chi connectivity index (χ4n) is 2.51. The van der Waals surface area contributed by atoms with Crippen LogP contribution in [0.3, 0.4) is 0 Å². The molecule has 0 aliphatic heterocycles. The van der Waals surface area contributed by atoms with E-state index in [0.717, 1.165) is 4.88 Å². The van der Waals surface area contributed by atoms with Crippen LogP contribution in [0.15, 0.2) is 41.8 Å². The summed E-state index contributed by atoms with van der Waals surface area (Å²) in [6, 6.07) is 9.58. The molecule has 0 saturated heterocycles. The van der Waals surface area contributed by atoms with Crippen LogP contribution in [-0.4, -0.2) is 40.3 Å². The summed E-state index contributed by atoms with van der Waals surface area (Å²) >= 11 is 1.47. The molecule has 3 aromatic rings. The third-order valence-electron chi connectivity index (χ3n) is 3.94. The third-order valence-corrected chi connectivity index (χ3v) is 4.81. The summed E-state index contributed by atoms with van der Waals surface area (Å²) in [5.74, 6) is -0.493. The Bertz CT molecular complexity index is 939. The van der Waals surface area contributed by atoms with E-state index in [0.29, 0.717) is 37.3 Å². The van der Waals surface area contributed by atoms with Gasteiger partial charge < -0.3 is 10.1 Å². The highest BCUT2D eigenvalue weighted by Crippen LogP contribution is 2.25. The molecule has 146 valence electrons. The van der Waals surface area contributed by atoms with Crippen molar-refractivity contribution in [3.63, 3.8) is 0 Å². The predicted molar refractivity (Wildman–Crippen MR) is 103 cm³/mol. The standard InChI is InChI=1S/C19H19FN4O3S/c1-27-16(25)6-2-3-11-21-19(26)17-22-18(15-5-4-12-28-15)24(23-17)14-9-7-13(20)8-10-14/h4-5,7-10,12H,2-3,6,11H2,1H3,(H,21,26). The molecule has 3 rings (SSSR count). The van der Waals surface area contributed by atoms with Crippen LogP contribution in [0.4, 0.5) is 4.39 Å². The maximum Gasteiger partial charge on any atom is 0.305 e. The van der Waals surface area contributed by atoms with Crippen LogP contribution in [0.5, 0.6) is 0 Å². The molecule has 7 nitrogen and oxygen atoms in total. The fraction of sp³-hybridized carbons (Fsp3) is 0.263. The fourth-order valence-corrected chi connectivity index (χ4v) is 3.21. The van der Waals surface area contributed by atoms with E-state index >= 15 is 0 Å². The van der Waals surface area contributed by atoms with Crippen LogP contribution < -0.4 is 5.32 Å². The van der Waals surface area contributed by atoms with Gasteiger partial charge in [-0.1, -0.05) is 6.07 Å². The number of rotatable bonds is 8. The van der Waals surface area contributed by atoms with Crippen molar-refractivity contribution >= 4 is 23.2 Å². The minimum atomic E-state index is -0.406. The van der Waals surface area contributed by atoms with Crippen molar-refractivity contribution in [2.24, 2.45) is 0 Å². The summed E-state index contributed by atoms with van der Waals surface area (Å²) in [5.41, 5.74) is 0.606. The van der Waals surface area contributed by atoms with E-state index in [4.69, 9.17) is 0 Å². The second kappa shape index (κ2) is 9.23. The summed E-state index contributed by atoms with van der Waals surface area (Å²) in [7, 11) is 1.35. The average Bonchev–Trinajstić information content (AvgIpc) is 3.37. The molecule has 0 radical (unpaired) electrons. The molecule has 0 spiro atoms. The van der Waals surface area contributed by atoms with Gasteiger partial charge in [-0.3, -0.25) is 9.59 Å². The second-order valence-corrected chi connectivity index (χ2v) is 6.86. The predicted octanol–water partition coefficient (Wildman–Crippen LogP) is 3.21. The summed E-state index contributed by atoms with van der Waals surface area (Å²) in [6.07, 6.45) is 1.56. The van der Waals surface area contributed by atoms with Crippen molar-refractivity contribution in [2.45, 2.75) is 19.3 Å². The number of hydrogen-bond donors (Lipinski definition) is 1. The number of thiophene rings is 1. The molecule has 9 heteroatoms. The van der Waals surface area contributed by atoms with Gasteiger partial charge in [0.15, 0.2) is 5.82 Å². The molecule has 0 aliphatic carbocycles. The molecule has 1 aromatic carbocycles. The highest BCUT2D eigenvalue weighted by molar-refractivity contribution is 7.13. The Hall–Kier alpha value is -3.07. The van der Waals surface area contributed by atoms with Gasteiger partial charge in [0.1, 0.15) is 5.82 Å². The SMILES string of the molecule is COC(=O)CCCCNC(=O)c1nc(-c2cccs2)n(-c2ccc(F)cc2)n1. The minimum Gasteiger partial charge on any atom is -0.469 e. The first-order valence-corrected chi connectivity index (χ1v) is 9.58. The van der Waals surface area contributed by atoms with Crippen LogP contribution in [0.2, 0.25) is 0 Å². The van der Waals surface area contributed by atoms with Gasteiger partial charge >= 0.3 is 5.97 Å². The van der Waals surface area contributed by atoms with Gasteiger partial charge in [-0.05, 0) is 48.6 Å². The van der Waals surface area contributed by atoms with Crippen molar-refractivity contribution in [1.29, 1.82) is 0 Å². The summed E-state index contributed by atoms with van der Waals surface area (Å²) in [5, 5.41) is 8.96. The van der Waals surface area contributed by atoms with Crippen LogP contribution >= 0.6 is 11.3 Å². The first-order chi connectivity index (χ1) is 13.6. The normalized spacial score (nSPS) is 10.6. The molecule has 1 N–H and O–H groups in total. The highest BCUT2D eigenvalue weighted by atomic mass is 32.1. The Morgan fingerprint density at radius 3 is 2.68 bits per heavy atom. The quantitative estimate of drug-likeness (QED) is 0.462. The van der Waals surface area contributed by atoms with Crippen LogP contribution in [0.25, 0.3) is 16.4 Å². The molecule has 0 bridgehead atoms. The number of aromatic nitrogens is 3. The number of halogens is 1. The Labute approximate surface area is 165 Å². The lowest BCUT2D eigenvalue weighted by Gasteiger charge is -2.04. The van der Waals surface area contributed by atoms with Gasteiger partial charge in [0, 0.05) is 13.0 Å². The molecule has 2 aromatic heterocycles. The minimum absolute atomic E-state index is 0.0284. The number of amides is 1. The molecule has 0 atom stereocenters. The summed E-state index contributed by atoms with van der Waals surface area (Å²) in [4.78, 5) is 28.7. The van der Waals surface area contributed by atoms with E-state index in [1.165, 1.54) is 35.3 Å². The Balaban J connectivity index is 1.73. The summed E-state index contributed by atoms with van der Waals surface area (Å²) in [6.45, 7) is 0.398. The molecule has 0 aliphatic rings. The largest absolute Gasteiger partial charge is 0.469 e. The van der Waals surface area contributed by atoms with Gasteiger partial charge in [-0.15, -0.1) is 16.4 Å². The molecule has 0 fully saturated rings. The maximum atomic E-state index is 13.2. The lowest BCUT2D eigenvalue weighted by molar-refractivity contribution is -0.140. The number of hydrogen-bond acceptors (Lipinski definition) is 6. The Morgan fingerprint density at radius 1 is 1.21 bits per heavy atom. The molecular weight excluding hydrogens is 383 g/mol. The van der Waals surface area contributed by atoms with Gasteiger partial charge in [-0.2, -0.15) is 0 Å². The number of carbonyl (C=O) groups excluding carboxylic acids is 2. The van der Waals surface area contributed by atoms with E-state index in [2.05, 4.69) is 20.1 Å². The number of methoxy groups -OCH3 is 1. The number of benzene rings is 1. The Morgan fingerprint density at radius 2 is 2.00 bits per heavy atom. The van der Waals surface area contributed by atoms with Crippen LogP contribution in [0, 0.1) is 5.82 Å². The van der Waals surface area contributed by atoms with E-state index in [1.54, 1.807) is 12.1 Å². The number of unbranched alkanes of at least 4 members (excludes halogenated alkanes) is 1. The smallest absolute Gasteiger partial charge is 0.305 e. The number of carbonyl (C=O) groups is 2. The monoisotopic (exact) mass is 402 g/mol. The molecule has 0 saturated carbocycles. The second-order valence-electron chi connectivity index (χ2n) is 5.91. The number of esters is 1. The van der Waals surface area contributed by atoms with E-state index in [-0.39, 0.29) is 17.6 Å². The summed E-state index contributed by atoms with van der Waals surface area (Å²) < 4.78 is 19.3. The van der Waals surface area contributed by atoms with Crippen LogP contribution in [-0.2, 0) is 9.53 Å². The molecular formula is C19H19FN4O3S. The molecule has 2 heterocycles. The molecule has 28 heavy (non-hydrogen) atoms. The van der Waals surface area contributed by atoms with E-state index in [1.807, 2.05) is 17.5 Å². The van der Waals surface area contributed by atoms with Crippen molar-refractivity contribution in [3.05, 3.63) is 53.4 Å². The van der Waals surface area contributed by atoms with Crippen molar-refractivity contribution in [1.82, 2.24) is 20.1 Å². The Kier molecular flexibility index (Phi) is 6.49. The zero-order chi connectivity index (χ0) is 19.9. The van der Waals surface area contributed by atoms with E-state index in [9.17, 15) is 14.0 Å². The lowest BCUT2D eigenvalue weighted by Crippen LogP contribution is -2.25. The van der Waals surface area contributed by atoms with Crippen molar-refractivity contribution in [2.75, 3.05) is 13.7 Å².